The predicted octanol–water partition coefficient (Wildman–Crippen LogP) is 3.53. The molecule has 0 aromatic heterocycles. The van der Waals surface area contributed by atoms with Crippen LogP contribution in [0.4, 0.5) is 0 Å². The molecule has 1 aliphatic carbocycles. The van der Waals surface area contributed by atoms with E-state index in [0.717, 1.165) is 6.54 Å². The van der Waals surface area contributed by atoms with Gasteiger partial charge in [0, 0.05) is 31.2 Å². The van der Waals surface area contributed by atoms with Crippen LogP contribution >= 0.6 is 0 Å². The molecule has 1 saturated heterocycles. The zero-order valence-corrected chi connectivity index (χ0v) is 12.9. The van der Waals surface area contributed by atoms with Crippen molar-refractivity contribution in [3.8, 4) is 0 Å². The highest BCUT2D eigenvalue weighted by molar-refractivity contribution is 5.32. The average molecular weight is 272 g/mol. The molecule has 0 bridgehead atoms. The van der Waals surface area contributed by atoms with Gasteiger partial charge in [-0.05, 0) is 43.7 Å². The molecule has 2 nitrogen and oxygen atoms in total. The second-order valence-electron chi connectivity index (χ2n) is 6.55. The summed E-state index contributed by atoms with van der Waals surface area (Å²) >= 11 is 0. The topological polar surface area (TPSA) is 15.3 Å². The van der Waals surface area contributed by atoms with Crippen LogP contribution in [0.15, 0.2) is 24.3 Å². The summed E-state index contributed by atoms with van der Waals surface area (Å²) in [5.41, 5.74) is 3.18. The summed E-state index contributed by atoms with van der Waals surface area (Å²) in [7, 11) is 0. The van der Waals surface area contributed by atoms with Crippen molar-refractivity contribution in [3.05, 3.63) is 35.4 Å². The standard InChI is InChI=1S/C18H28N2/c1-3-7-16-13-20(14(2)12-19-16)18-11-6-9-15-8-4-5-10-17(15)18/h4-5,8,10,14,16,18-19H,3,6-7,9,11-13H2,1-2H3. The molecule has 3 atom stereocenters. The third kappa shape index (κ3) is 2.77. The minimum absolute atomic E-state index is 0.649. The summed E-state index contributed by atoms with van der Waals surface area (Å²) in [6.07, 6.45) is 6.53. The van der Waals surface area contributed by atoms with Gasteiger partial charge in [-0.25, -0.2) is 0 Å². The van der Waals surface area contributed by atoms with E-state index in [1.54, 1.807) is 11.1 Å². The van der Waals surface area contributed by atoms with Crippen molar-refractivity contribution in [2.75, 3.05) is 13.1 Å². The van der Waals surface area contributed by atoms with Crippen LogP contribution in [-0.4, -0.2) is 30.1 Å². The zero-order valence-electron chi connectivity index (χ0n) is 12.9. The van der Waals surface area contributed by atoms with Gasteiger partial charge in [0.05, 0.1) is 0 Å². The molecule has 0 amide bonds. The first kappa shape index (κ1) is 14.1. The maximum absolute atomic E-state index is 3.72. The first-order chi connectivity index (χ1) is 9.79. The highest BCUT2D eigenvalue weighted by Crippen LogP contribution is 2.36. The molecule has 0 spiro atoms. The molecule has 0 saturated carbocycles. The molecule has 20 heavy (non-hydrogen) atoms. The van der Waals surface area contributed by atoms with Gasteiger partial charge in [-0.3, -0.25) is 4.90 Å². The van der Waals surface area contributed by atoms with E-state index in [1.807, 2.05) is 0 Å². The van der Waals surface area contributed by atoms with Gasteiger partial charge in [0.1, 0.15) is 0 Å². The Hall–Kier alpha value is -0.860. The van der Waals surface area contributed by atoms with Crippen LogP contribution in [0, 0.1) is 0 Å². The first-order valence-corrected chi connectivity index (χ1v) is 8.36. The van der Waals surface area contributed by atoms with E-state index in [-0.39, 0.29) is 0 Å². The minimum Gasteiger partial charge on any atom is -0.311 e. The summed E-state index contributed by atoms with van der Waals surface area (Å²) in [5.74, 6) is 0. The second kappa shape index (κ2) is 6.28. The lowest BCUT2D eigenvalue weighted by Gasteiger charge is -2.45. The van der Waals surface area contributed by atoms with Gasteiger partial charge < -0.3 is 5.32 Å². The van der Waals surface area contributed by atoms with E-state index in [9.17, 15) is 0 Å². The van der Waals surface area contributed by atoms with Crippen molar-refractivity contribution in [1.82, 2.24) is 10.2 Å². The Morgan fingerprint density at radius 3 is 3.00 bits per heavy atom. The fraction of sp³-hybridized carbons (Fsp3) is 0.667. The van der Waals surface area contributed by atoms with Gasteiger partial charge in [-0.1, -0.05) is 37.6 Å². The van der Waals surface area contributed by atoms with Crippen molar-refractivity contribution in [2.24, 2.45) is 0 Å². The monoisotopic (exact) mass is 272 g/mol. The minimum atomic E-state index is 0.649. The van der Waals surface area contributed by atoms with Crippen LogP contribution in [0.5, 0.6) is 0 Å². The van der Waals surface area contributed by atoms with Crippen LogP contribution in [0.25, 0.3) is 0 Å². The lowest BCUT2D eigenvalue weighted by Crippen LogP contribution is -2.56. The Bertz CT molecular complexity index is 443. The second-order valence-corrected chi connectivity index (χ2v) is 6.55. The van der Waals surface area contributed by atoms with Crippen LogP contribution < -0.4 is 5.32 Å². The molecule has 3 rings (SSSR count). The van der Waals surface area contributed by atoms with E-state index in [4.69, 9.17) is 0 Å². The van der Waals surface area contributed by atoms with Gasteiger partial charge >= 0.3 is 0 Å². The van der Waals surface area contributed by atoms with Crippen molar-refractivity contribution >= 4 is 0 Å². The van der Waals surface area contributed by atoms with Crippen molar-refractivity contribution in [3.63, 3.8) is 0 Å². The number of piperazine rings is 1. The molecule has 2 heteroatoms. The highest BCUT2D eigenvalue weighted by Gasteiger charge is 2.32. The van der Waals surface area contributed by atoms with Crippen molar-refractivity contribution in [1.29, 1.82) is 0 Å². The molecule has 1 aliphatic heterocycles. The number of benzene rings is 1. The molecular formula is C18H28N2. The number of nitrogens with one attached hydrogen (secondary N) is 1. The number of rotatable bonds is 3. The third-order valence-corrected chi connectivity index (χ3v) is 5.07. The molecule has 110 valence electrons. The normalized spacial score (nSPS) is 31.0. The number of hydrogen-bond donors (Lipinski definition) is 1. The van der Waals surface area contributed by atoms with Crippen LogP contribution in [0.1, 0.15) is 56.7 Å². The van der Waals surface area contributed by atoms with Gasteiger partial charge in [0.15, 0.2) is 0 Å². The first-order valence-electron chi connectivity index (χ1n) is 8.36. The summed E-state index contributed by atoms with van der Waals surface area (Å²) in [5, 5.41) is 3.72. The number of hydrogen-bond acceptors (Lipinski definition) is 2. The SMILES string of the molecule is CCCC1CN(C2CCCc3ccccc32)C(C)CN1. The van der Waals surface area contributed by atoms with Gasteiger partial charge in [-0.2, -0.15) is 0 Å². The fourth-order valence-electron chi connectivity index (χ4n) is 4.00. The van der Waals surface area contributed by atoms with E-state index >= 15 is 0 Å². The largest absolute Gasteiger partial charge is 0.311 e. The summed E-state index contributed by atoms with van der Waals surface area (Å²) in [6.45, 7) is 7.03. The third-order valence-electron chi connectivity index (χ3n) is 5.07. The Balaban J connectivity index is 1.81. The quantitative estimate of drug-likeness (QED) is 0.905. The molecule has 1 aromatic rings. The van der Waals surface area contributed by atoms with Crippen molar-refractivity contribution < 1.29 is 0 Å². The van der Waals surface area contributed by atoms with E-state index < -0.39 is 0 Å². The van der Waals surface area contributed by atoms with Crippen LogP contribution in [0.2, 0.25) is 0 Å². The lowest BCUT2D eigenvalue weighted by atomic mass is 9.85. The van der Waals surface area contributed by atoms with Crippen LogP contribution in [0.3, 0.4) is 0 Å². The summed E-state index contributed by atoms with van der Waals surface area (Å²) in [6, 6.07) is 11.1. The molecule has 0 radical (unpaired) electrons. The Morgan fingerprint density at radius 1 is 1.30 bits per heavy atom. The van der Waals surface area contributed by atoms with E-state index in [0.29, 0.717) is 18.1 Å². The zero-order chi connectivity index (χ0) is 13.9. The smallest absolute Gasteiger partial charge is 0.0354 e. The van der Waals surface area contributed by atoms with Gasteiger partial charge in [0.2, 0.25) is 0 Å². The molecule has 1 aromatic carbocycles. The number of aryl methyl sites for hydroxylation is 1. The Kier molecular flexibility index (Phi) is 4.42. The van der Waals surface area contributed by atoms with Crippen molar-refractivity contribution in [2.45, 2.75) is 64.1 Å². The summed E-state index contributed by atoms with van der Waals surface area (Å²) in [4.78, 5) is 2.77. The maximum atomic E-state index is 3.72. The molecule has 1 N–H and O–H groups in total. The Morgan fingerprint density at radius 2 is 2.15 bits per heavy atom. The van der Waals surface area contributed by atoms with Crippen LogP contribution in [-0.2, 0) is 6.42 Å². The number of nitrogens with zero attached hydrogens (tertiary/aromatic N) is 1. The molecular weight excluding hydrogens is 244 g/mol. The fourth-order valence-corrected chi connectivity index (χ4v) is 4.00. The number of fused-ring (bicyclic) bond motifs is 1. The predicted molar refractivity (Wildman–Crippen MR) is 85.0 cm³/mol. The van der Waals surface area contributed by atoms with E-state index in [1.165, 1.54) is 38.6 Å². The molecule has 3 unspecified atom stereocenters. The molecule has 1 fully saturated rings. The molecule has 2 aliphatic rings. The lowest BCUT2D eigenvalue weighted by molar-refractivity contribution is 0.0784. The van der Waals surface area contributed by atoms with Gasteiger partial charge in [0.25, 0.3) is 0 Å². The van der Waals surface area contributed by atoms with E-state index in [2.05, 4.69) is 48.3 Å². The Labute approximate surface area is 123 Å². The summed E-state index contributed by atoms with van der Waals surface area (Å²) < 4.78 is 0. The highest BCUT2D eigenvalue weighted by atomic mass is 15.3. The average Bonchev–Trinajstić information content (AvgIpc) is 2.49. The molecule has 1 heterocycles. The maximum Gasteiger partial charge on any atom is 0.0354 e. The van der Waals surface area contributed by atoms with Gasteiger partial charge in [-0.15, -0.1) is 0 Å².